The van der Waals surface area contributed by atoms with Gasteiger partial charge in [-0.15, -0.1) is 5.10 Å². The largest absolute Gasteiger partial charge is 0.365 e. The van der Waals surface area contributed by atoms with Gasteiger partial charge in [-0.05, 0) is 5.21 Å². The van der Waals surface area contributed by atoms with Gasteiger partial charge in [0.15, 0.2) is 0 Å². The standard InChI is InChI=1S/C3H5N5O/c4-3-5-7-8(6-3)1-2-9/h2H,1H2,(H2,4,6). The Morgan fingerprint density at radius 1 is 1.78 bits per heavy atom. The van der Waals surface area contributed by atoms with Crippen LogP contribution in [0.15, 0.2) is 0 Å². The molecule has 2 N–H and O–H groups in total. The minimum absolute atomic E-state index is 0.0804. The van der Waals surface area contributed by atoms with E-state index in [0.717, 1.165) is 4.80 Å². The van der Waals surface area contributed by atoms with E-state index < -0.39 is 0 Å². The normalized spacial score (nSPS) is 9.33. The minimum Gasteiger partial charge on any atom is -0.365 e. The molecule has 1 aromatic rings. The summed E-state index contributed by atoms with van der Waals surface area (Å²) in [6, 6.07) is 0. The lowest BCUT2D eigenvalue weighted by Gasteiger charge is -1.82. The molecule has 1 heterocycles. The third kappa shape index (κ3) is 1.21. The highest BCUT2D eigenvalue weighted by Crippen LogP contribution is 1.81. The summed E-state index contributed by atoms with van der Waals surface area (Å²) in [7, 11) is 0. The molecule has 0 spiro atoms. The predicted molar refractivity (Wildman–Crippen MR) is 28.3 cm³/mol. The van der Waals surface area contributed by atoms with Crippen LogP contribution in [0.3, 0.4) is 0 Å². The third-order valence-electron chi connectivity index (χ3n) is 0.706. The second kappa shape index (κ2) is 2.21. The quantitative estimate of drug-likeness (QED) is 0.486. The highest BCUT2D eigenvalue weighted by molar-refractivity contribution is 5.48. The van der Waals surface area contributed by atoms with Crippen LogP contribution in [0.2, 0.25) is 0 Å². The monoisotopic (exact) mass is 127 g/mol. The number of carbonyl (C=O) groups is 1. The molecule has 9 heavy (non-hydrogen) atoms. The third-order valence-corrected chi connectivity index (χ3v) is 0.706. The minimum atomic E-state index is 0.0804. The van der Waals surface area contributed by atoms with Gasteiger partial charge in [-0.1, -0.05) is 5.10 Å². The van der Waals surface area contributed by atoms with Crippen LogP contribution in [0.4, 0.5) is 5.95 Å². The van der Waals surface area contributed by atoms with Crippen molar-refractivity contribution in [3.05, 3.63) is 0 Å². The Kier molecular flexibility index (Phi) is 1.39. The number of aromatic nitrogens is 4. The first-order chi connectivity index (χ1) is 4.33. The van der Waals surface area contributed by atoms with E-state index in [4.69, 9.17) is 5.73 Å². The summed E-state index contributed by atoms with van der Waals surface area (Å²) in [5, 5.41) is 10.3. The lowest BCUT2D eigenvalue weighted by Crippen LogP contribution is -2.03. The number of hydrogen-bond donors (Lipinski definition) is 1. The molecule has 0 amide bonds. The molecule has 1 aromatic heterocycles. The van der Waals surface area contributed by atoms with Gasteiger partial charge in [0.05, 0.1) is 0 Å². The first kappa shape index (κ1) is 5.67. The molecule has 6 nitrogen and oxygen atoms in total. The fourth-order valence-electron chi connectivity index (χ4n) is 0.400. The molecule has 1 rings (SSSR count). The lowest BCUT2D eigenvalue weighted by molar-refractivity contribution is -0.108. The fraction of sp³-hybridized carbons (Fsp3) is 0.333. The van der Waals surface area contributed by atoms with Gasteiger partial charge in [-0.3, -0.25) is 0 Å². The topological polar surface area (TPSA) is 86.7 Å². The summed E-state index contributed by atoms with van der Waals surface area (Å²) in [6.45, 7) is 0.101. The van der Waals surface area contributed by atoms with Crippen LogP contribution < -0.4 is 5.73 Å². The van der Waals surface area contributed by atoms with Gasteiger partial charge >= 0.3 is 0 Å². The smallest absolute Gasteiger partial charge is 0.260 e. The molecule has 0 unspecified atom stereocenters. The summed E-state index contributed by atoms with van der Waals surface area (Å²) < 4.78 is 0. The van der Waals surface area contributed by atoms with E-state index in [1.807, 2.05) is 0 Å². The van der Waals surface area contributed by atoms with E-state index in [0.29, 0.717) is 6.29 Å². The van der Waals surface area contributed by atoms with Crippen LogP contribution >= 0.6 is 0 Å². The van der Waals surface area contributed by atoms with Crippen molar-refractivity contribution in [2.24, 2.45) is 0 Å². The Bertz CT molecular complexity index is 206. The maximum atomic E-state index is 9.81. The maximum absolute atomic E-state index is 9.81. The predicted octanol–water partition coefficient (Wildman–Crippen LogP) is -1.55. The van der Waals surface area contributed by atoms with Crippen LogP contribution in [-0.4, -0.2) is 26.5 Å². The van der Waals surface area contributed by atoms with Gasteiger partial charge < -0.3 is 10.5 Å². The zero-order chi connectivity index (χ0) is 6.69. The number of nitrogens with zero attached hydrogens (tertiary/aromatic N) is 4. The molecule has 0 aliphatic carbocycles. The average Bonchev–Trinajstić information content (AvgIpc) is 2.17. The molecule has 0 saturated carbocycles. The lowest BCUT2D eigenvalue weighted by atomic mass is 10.8. The van der Waals surface area contributed by atoms with E-state index in [1.165, 1.54) is 0 Å². The molecule has 0 aliphatic heterocycles. The van der Waals surface area contributed by atoms with Gasteiger partial charge in [0.1, 0.15) is 12.8 Å². The van der Waals surface area contributed by atoms with Gasteiger partial charge in [0.25, 0.3) is 5.95 Å². The molecule has 0 saturated heterocycles. The van der Waals surface area contributed by atoms with Crippen LogP contribution in [0.1, 0.15) is 0 Å². The van der Waals surface area contributed by atoms with E-state index in [1.54, 1.807) is 0 Å². The zero-order valence-electron chi connectivity index (χ0n) is 4.56. The summed E-state index contributed by atoms with van der Waals surface area (Å²) in [5.41, 5.74) is 5.09. The van der Waals surface area contributed by atoms with Crippen molar-refractivity contribution >= 4 is 12.2 Å². The van der Waals surface area contributed by atoms with E-state index in [9.17, 15) is 4.79 Å². The van der Waals surface area contributed by atoms with Gasteiger partial charge in [0.2, 0.25) is 0 Å². The first-order valence-electron chi connectivity index (χ1n) is 2.30. The number of hydrogen-bond acceptors (Lipinski definition) is 5. The Morgan fingerprint density at radius 3 is 3.00 bits per heavy atom. The van der Waals surface area contributed by atoms with Crippen molar-refractivity contribution in [1.29, 1.82) is 0 Å². The highest BCUT2D eigenvalue weighted by atomic mass is 16.1. The van der Waals surface area contributed by atoms with Crippen LogP contribution in [-0.2, 0) is 11.3 Å². The molecule has 0 aliphatic rings. The Labute approximate surface area is 50.6 Å². The summed E-state index contributed by atoms with van der Waals surface area (Å²) in [6.07, 6.45) is 0.668. The van der Waals surface area contributed by atoms with Crippen molar-refractivity contribution in [2.75, 3.05) is 5.73 Å². The molecular formula is C3H5N5O. The number of anilines is 1. The Morgan fingerprint density at radius 2 is 2.56 bits per heavy atom. The van der Waals surface area contributed by atoms with Gasteiger partial charge in [0, 0.05) is 0 Å². The number of nitrogens with two attached hydrogens (primary N) is 1. The molecule has 0 radical (unpaired) electrons. The first-order valence-corrected chi connectivity index (χ1v) is 2.30. The number of carbonyl (C=O) groups excluding carboxylic acids is 1. The van der Waals surface area contributed by atoms with Crippen molar-refractivity contribution in [3.63, 3.8) is 0 Å². The van der Waals surface area contributed by atoms with Gasteiger partial charge in [-0.2, -0.15) is 4.80 Å². The van der Waals surface area contributed by atoms with E-state index >= 15 is 0 Å². The molecule has 0 atom stereocenters. The van der Waals surface area contributed by atoms with Crippen LogP contribution in [0.25, 0.3) is 0 Å². The number of tetrazole rings is 1. The molecule has 6 heteroatoms. The molecule has 0 fully saturated rings. The summed E-state index contributed by atoms with van der Waals surface area (Å²) in [4.78, 5) is 10.9. The van der Waals surface area contributed by atoms with Gasteiger partial charge in [-0.25, -0.2) is 0 Å². The van der Waals surface area contributed by atoms with E-state index in [2.05, 4.69) is 15.4 Å². The van der Waals surface area contributed by atoms with Crippen molar-refractivity contribution < 1.29 is 4.79 Å². The average molecular weight is 127 g/mol. The number of aldehydes is 1. The zero-order valence-corrected chi connectivity index (χ0v) is 4.56. The molecule has 0 bridgehead atoms. The highest BCUT2D eigenvalue weighted by Gasteiger charge is 1.93. The summed E-state index contributed by atoms with van der Waals surface area (Å²) in [5.74, 6) is 0.0804. The molecule has 0 aromatic carbocycles. The maximum Gasteiger partial charge on any atom is 0.260 e. The molecule has 48 valence electrons. The summed E-state index contributed by atoms with van der Waals surface area (Å²) >= 11 is 0. The Balaban J connectivity index is 2.72. The van der Waals surface area contributed by atoms with E-state index in [-0.39, 0.29) is 12.5 Å². The molecular weight excluding hydrogens is 122 g/mol. The van der Waals surface area contributed by atoms with Crippen LogP contribution in [0.5, 0.6) is 0 Å². The van der Waals surface area contributed by atoms with Crippen molar-refractivity contribution in [2.45, 2.75) is 6.54 Å². The van der Waals surface area contributed by atoms with Crippen molar-refractivity contribution in [3.8, 4) is 0 Å². The fourth-order valence-corrected chi connectivity index (χ4v) is 0.400. The second-order valence-corrected chi connectivity index (χ2v) is 1.37. The Hall–Kier alpha value is -1.46. The number of rotatable bonds is 2. The number of nitrogen functional groups attached to an aromatic ring is 1. The van der Waals surface area contributed by atoms with Crippen molar-refractivity contribution in [1.82, 2.24) is 20.2 Å². The SMILES string of the molecule is Nc1nnn(CC=O)n1. The second-order valence-electron chi connectivity index (χ2n) is 1.37. The van der Waals surface area contributed by atoms with Crippen LogP contribution in [0, 0.1) is 0 Å².